The molecule has 0 aliphatic heterocycles. The Morgan fingerprint density at radius 3 is 2.60 bits per heavy atom. The second-order valence-electron chi connectivity index (χ2n) is 5.17. The van der Waals surface area contributed by atoms with Gasteiger partial charge in [-0.25, -0.2) is 8.42 Å². The molecular formula is C13H21N3O3S. The Balaban J connectivity index is 2.83. The molecule has 0 unspecified atom stereocenters. The van der Waals surface area contributed by atoms with Crippen LogP contribution in [0.4, 0.5) is 5.69 Å². The molecule has 0 aliphatic rings. The van der Waals surface area contributed by atoms with Crippen LogP contribution in [0.5, 0.6) is 0 Å². The van der Waals surface area contributed by atoms with Gasteiger partial charge in [0.15, 0.2) is 9.84 Å². The lowest BCUT2D eigenvalue weighted by molar-refractivity contribution is 0.0951. The molecule has 6 nitrogen and oxygen atoms in total. The van der Waals surface area contributed by atoms with Crippen molar-refractivity contribution < 1.29 is 13.2 Å². The van der Waals surface area contributed by atoms with E-state index in [2.05, 4.69) is 15.6 Å². The van der Waals surface area contributed by atoms with Gasteiger partial charge in [-0.1, -0.05) is 0 Å². The minimum absolute atomic E-state index is 0.0541. The van der Waals surface area contributed by atoms with Gasteiger partial charge in [-0.2, -0.15) is 0 Å². The largest absolute Gasteiger partial charge is 0.383 e. The Labute approximate surface area is 119 Å². The van der Waals surface area contributed by atoms with E-state index in [9.17, 15) is 13.2 Å². The van der Waals surface area contributed by atoms with Crippen LogP contribution >= 0.6 is 0 Å². The molecule has 0 fully saturated rings. The minimum atomic E-state index is -3.24. The first-order chi connectivity index (χ1) is 9.19. The molecule has 0 atom stereocenters. The van der Waals surface area contributed by atoms with Crippen molar-refractivity contribution in [1.29, 1.82) is 0 Å². The molecular weight excluding hydrogens is 278 g/mol. The molecule has 1 aromatic heterocycles. The molecule has 2 N–H and O–H groups in total. The summed E-state index contributed by atoms with van der Waals surface area (Å²) in [6, 6.07) is 1.60. The number of carbonyl (C=O) groups is 1. The number of rotatable bonds is 6. The summed E-state index contributed by atoms with van der Waals surface area (Å²) in [5.41, 5.74) is 1.08. The number of hydrogen-bond donors (Lipinski definition) is 2. The summed E-state index contributed by atoms with van der Waals surface area (Å²) in [4.78, 5) is 16.1. The highest BCUT2D eigenvalue weighted by Crippen LogP contribution is 2.16. The van der Waals surface area contributed by atoms with Gasteiger partial charge in [-0.15, -0.1) is 0 Å². The summed E-state index contributed by atoms with van der Waals surface area (Å²) in [6.07, 6.45) is 4.26. The van der Waals surface area contributed by atoms with Crippen LogP contribution in [0.15, 0.2) is 18.5 Å². The van der Waals surface area contributed by atoms with Gasteiger partial charge in [0.2, 0.25) is 0 Å². The van der Waals surface area contributed by atoms with Crippen LogP contribution in [-0.4, -0.2) is 43.4 Å². The Morgan fingerprint density at radius 1 is 1.40 bits per heavy atom. The van der Waals surface area contributed by atoms with Gasteiger partial charge in [-0.3, -0.25) is 9.78 Å². The zero-order valence-electron chi connectivity index (χ0n) is 12.2. The van der Waals surface area contributed by atoms with Crippen LogP contribution in [0.3, 0.4) is 0 Å². The summed E-state index contributed by atoms with van der Waals surface area (Å²) in [7, 11) is -3.24. The van der Waals surface area contributed by atoms with Crippen LogP contribution in [-0.2, 0) is 9.84 Å². The van der Waals surface area contributed by atoms with Crippen molar-refractivity contribution in [3.63, 3.8) is 0 Å². The van der Waals surface area contributed by atoms with Crippen molar-refractivity contribution in [1.82, 2.24) is 10.3 Å². The summed E-state index contributed by atoms with van der Waals surface area (Å²) in [5.74, 6) is -0.319. The molecule has 0 radical (unpaired) electrons. The van der Waals surface area contributed by atoms with Crippen molar-refractivity contribution in [3.8, 4) is 0 Å². The second-order valence-corrected chi connectivity index (χ2v) is 7.82. The van der Waals surface area contributed by atoms with Gasteiger partial charge in [0.25, 0.3) is 5.91 Å². The van der Waals surface area contributed by atoms with Crippen molar-refractivity contribution in [2.75, 3.05) is 24.7 Å². The average Bonchev–Trinajstić information content (AvgIpc) is 2.36. The number of aromatic nitrogens is 1. The fraction of sp³-hybridized carbons (Fsp3) is 0.538. The highest BCUT2D eigenvalue weighted by atomic mass is 32.2. The van der Waals surface area contributed by atoms with E-state index in [1.165, 1.54) is 6.20 Å². The van der Waals surface area contributed by atoms with Crippen molar-refractivity contribution in [2.45, 2.75) is 25.5 Å². The summed E-state index contributed by atoms with van der Waals surface area (Å²) >= 11 is 0. The fourth-order valence-corrected chi connectivity index (χ4v) is 1.78. The quantitative estimate of drug-likeness (QED) is 0.820. The molecule has 1 amide bonds. The number of hydrogen-bond acceptors (Lipinski definition) is 5. The minimum Gasteiger partial charge on any atom is -0.383 e. The number of pyridine rings is 1. The third-order valence-corrected chi connectivity index (χ3v) is 5.26. The van der Waals surface area contributed by atoms with E-state index in [1.54, 1.807) is 26.1 Å². The zero-order chi connectivity index (χ0) is 15.4. The number of carbonyl (C=O) groups excluding carboxylic acids is 1. The normalized spacial score (nSPS) is 12.0. The maximum absolute atomic E-state index is 12.1. The molecule has 0 aliphatic carbocycles. The van der Waals surface area contributed by atoms with E-state index in [0.717, 1.165) is 6.26 Å². The summed E-state index contributed by atoms with van der Waals surface area (Å²) in [6.45, 7) is 5.81. The Morgan fingerprint density at radius 2 is 2.05 bits per heavy atom. The van der Waals surface area contributed by atoms with E-state index in [-0.39, 0.29) is 12.5 Å². The third-order valence-electron chi connectivity index (χ3n) is 3.11. The van der Waals surface area contributed by atoms with Crippen LogP contribution in [0.2, 0.25) is 0 Å². The molecule has 0 bridgehead atoms. The molecule has 0 aromatic carbocycles. The topological polar surface area (TPSA) is 88.2 Å². The number of nitrogens with zero attached hydrogens (tertiary/aromatic N) is 1. The first-order valence-electron chi connectivity index (χ1n) is 6.34. The predicted molar refractivity (Wildman–Crippen MR) is 79.7 cm³/mol. The number of nitrogens with one attached hydrogen (secondary N) is 2. The molecule has 7 heteroatoms. The monoisotopic (exact) mass is 299 g/mol. The lowest BCUT2D eigenvalue weighted by Gasteiger charge is -2.23. The van der Waals surface area contributed by atoms with Gasteiger partial charge >= 0.3 is 0 Å². The van der Waals surface area contributed by atoms with Gasteiger partial charge in [0.05, 0.1) is 22.2 Å². The smallest absolute Gasteiger partial charge is 0.253 e. The van der Waals surface area contributed by atoms with Gasteiger partial charge in [0.1, 0.15) is 0 Å². The first kappa shape index (κ1) is 16.4. The first-order valence-corrected chi connectivity index (χ1v) is 8.24. The molecule has 1 aromatic rings. The highest BCUT2D eigenvalue weighted by molar-refractivity contribution is 7.92. The van der Waals surface area contributed by atoms with E-state index in [1.807, 2.05) is 6.92 Å². The van der Waals surface area contributed by atoms with Gasteiger partial charge in [0, 0.05) is 25.5 Å². The highest BCUT2D eigenvalue weighted by Gasteiger charge is 2.30. The van der Waals surface area contributed by atoms with Gasteiger partial charge < -0.3 is 10.6 Å². The Hall–Kier alpha value is -1.63. The lowest BCUT2D eigenvalue weighted by Crippen LogP contribution is -2.43. The molecule has 1 heterocycles. The molecule has 0 saturated carbocycles. The zero-order valence-corrected chi connectivity index (χ0v) is 13.0. The van der Waals surface area contributed by atoms with Crippen molar-refractivity contribution in [3.05, 3.63) is 24.0 Å². The van der Waals surface area contributed by atoms with E-state index in [4.69, 9.17) is 0 Å². The van der Waals surface area contributed by atoms with E-state index >= 15 is 0 Å². The van der Waals surface area contributed by atoms with Crippen LogP contribution in [0.1, 0.15) is 31.1 Å². The summed E-state index contributed by atoms with van der Waals surface area (Å²) < 4.78 is 22.2. The molecule has 20 heavy (non-hydrogen) atoms. The van der Waals surface area contributed by atoms with Crippen molar-refractivity contribution >= 4 is 21.4 Å². The van der Waals surface area contributed by atoms with Crippen LogP contribution in [0, 0.1) is 0 Å². The summed E-state index contributed by atoms with van der Waals surface area (Å²) in [5, 5.41) is 5.70. The second kappa shape index (κ2) is 6.21. The molecule has 0 saturated heterocycles. The number of anilines is 1. The van der Waals surface area contributed by atoms with Crippen LogP contribution < -0.4 is 10.6 Å². The SMILES string of the molecule is CCNc1cnccc1C(=O)NCC(C)(C)S(C)(=O)=O. The third kappa shape index (κ3) is 3.93. The lowest BCUT2D eigenvalue weighted by atomic mass is 10.1. The molecule has 112 valence electrons. The number of sulfone groups is 1. The average molecular weight is 299 g/mol. The molecule has 1 rings (SSSR count). The van der Waals surface area contributed by atoms with E-state index < -0.39 is 14.6 Å². The van der Waals surface area contributed by atoms with E-state index in [0.29, 0.717) is 17.8 Å². The maximum atomic E-state index is 12.1. The number of amides is 1. The Kier molecular flexibility index (Phi) is 5.10. The van der Waals surface area contributed by atoms with Gasteiger partial charge in [-0.05, 0) is 26.8 Å². The predicted octanol–water partition coefficient (Wildman–Crippen LogP) is 1.07. The standard InChI is InChI=1S/C13H21N3O3S/c1-5-15-11-8-14-7-6-10(11)12(17)16-9-13(2,3)20(4,18)19/h6-8,15H,5,9H2,1-4H3,(H,16,17). The maximum Gasteiger partial charge on any atom is 0.253 e. The van der Waals surface area contributed by atoms with Crippen LogP contribution in [0.25, 0.3) is 0 Å². The fourth-order valence-electron chi connectivity index (χ4n) is 1.44. The Bertz CT molecular complexity index is 582. The van der Waals surface area contributed by atoms with Crippen molar-refractivity contribution in [2.24, 2.45) is 0 Å². The molecule has 0 spiro atoms.